The maximum absolute atomic E-state index is 12.1. The van der Waals surface area contributed by atoms with Gasteiger partial charge >= 0.3 is 0 Å². The van der Waals surface area contributed by atoms with E-state index >= 15 is 0 Å². The first kappa shape index (κ1) is 13.5. The summed E-state index contributed by atoms with van der Waals surface area (Å²) in [5.74, 6) is 0.0449. The predicted octanol–water partition coefficient (Wildman–Crippen LogP) is 1.95. The first-order chi connectivity index (χ1) is 8.04. The van der Waals surface area contributed by atoms with Gasteiger partial charge in [0.25, 0.3) is 10.0 Å². The van der Waals surface area contributed by atoms with Gasteiger partial charge in [0.05, 0.1) is 0 Å². The zero-order chi connectivity index (χ0) is 12.5. The van der Waals surface area contributed by atoms with E-state index in [4.69, 9.17) is 0 Å². The van der Waals surface area contributed by atoms with Gasteiger partial charge in [-0.25, -0.2) is 13.1 Å². The van der Waals surface area contributed by atoms with Crippen molar-refractivity contribution in [3.8, 4) is 0 Å². The zero-order valence-electron chi connectivity index (χ0n) is 9.10. The third-order valence-electron chi connectivity index (χ3n) is 3.03. The van der Waals surface area contributed by atoms with E-state index in [1.807, 2.05) is 0 Å². The standard InChI is InChI=1S/C10H14BrNO3S2/c11-8-4-5-16-10(8)17(14,15)12-9-3-1-2-7(9)6-13/h4-5,7,9,12-13H,1-3,6H2. The number of hydrogen-bond donors (Lipinski definition) is 2. The van der Waals surface area contributed by atoms with Crippen LogP contribution in [0.25, 0.3) is 0 Å². The van der Waals surface area contributed by atoms with Crippen molar-refractivity contribution in [2.24, 2.45) is 5.92 Å². The summed E-state index contributed by atoms with van der Waals surface area (Å²) in [6.07, 6.45) is 2.65. The Morgan fingerprint density at radius 1 is 1.53 bits per heavy atom. The molecule has 2 atom stereocenters. The number of aliphatic hydroxyl groups excluding tert-OH is 1. The fourth-order valence-electron chi connectivity index (χ4n) is 2.13. The normalized spacial score (nSPS) is 25.3. The average molecular weight is 340 g/mol. The lowest BCUT2D eigenvalue weighted by Crippen LogP contribution is -2.38. The maximum Gasteiger partial charge on any atom is 0.251 e. The molecule has 0 saturated heterocycles. The molecule has 0 aliphatic heterocycles. The van der Waals surface area contributed by atoms with E-state index in [1.165, 1.54) is 11.3 Å². The van der Waals surface area contributed by atoms with Crippen LogP contribution in [0.1, 0.15) is 19.3 Å². The molecule has 1 aromatic rings. The summed E-state index contributed by atoms with van der Waals surface area (Å²) in [6, 6.07) is 1.58. The van der Waals surface area contributed by atoms with Gasteiger partial charge in [0.15, 0.2) is 0 Å². The van der Waals surface area contributed by atoms with Gasteiger partial charge < -0.3 is 5.11 Å². The van der Waals surface area contributed by atoms with E-state index in [1.54, 1.807) is 11.4 Å². The second-order valence-corrected chi connectivity index (χ2v) is 7.84. The number of hydrogen-bond acceptors (Lipinski definition) is 4. The highest BCUT2D eigenvalue weighted by atomic mass is 79.9. The highest BCUT2D eigenvalue weighted by molar-refractivity contribution is 9.10. The van der Waals surface area contributed by atoms with Crippen LogP contribution in [0.5, 0.6) is 0 Å². The minimum atomic E-state index is -3.46. The van der Waals surface area contributed by atoms with Crippen LogP contribution in [0, 0.1) is 5.92 Å². The van der Waals surface area contributed by atoms with Crippen molar-refractivity contribution in [3.63, 3.8) is 0 Å². The number of sulfonamides is 1. The Balaban J connectivity index is 2.16. The average Bonchev–Trinajstić information content (AvgIpc) is 2.86. The summed E-state index contributed by atoms with van der Waals surface area (Å²) >= 11 is 4.41. The van der Waals surface area contributed by atoms with Crippen molar-refractivity contribution >= 4 is 37.3 Å². The van der Waals surface area contributed by atoms with Gasteiger partial charge in [-0.2, -0.15) is 0 Å². The molecule has 0 spiro atoms. The Labute approximate surface area is 113 Å². The molecule has 1 aliphatic rings. The monoisotopic (exact) mass is 339 g/mol. The molecule has 4 nitrogen and oxygen atoms in total. The van der Waals surface area contributed by atoms with Gasteiger partial charge in [-0.15, -0.1) is 11.3 Å². The molecule has 0 radical (unpaired) electrons. The second kappa shape index (κ2) is 5.36. The molecule has 0 bridgehead atoms. The van der Waals surface area contributed by atoms with E-state index in [-0.39, 0.29) is 18.6 Å². The summed E-state index contributed by atoms with van der Waals surface area (Å²) in [7, 11) is -3.46. The molecule has 96 valence electrons. The van der Waals surface area contributed by atoms with Crippen LogP contribution in [0.4, 0.5) is 0 Å². The largest absolute Gasteiger partial charge is 0.396 e. The van der Waals surface area contributed by atoms with Gasteiger partial charge in [-0.3, -0.25) is 0 Å². The lowest BCUT2D eigenvalue weighted by atomic mass is 10.1. The van der Waals surface area contributed by atoms with Gasteiger partial charge in [-0.05, 0) is 46.1 Å². The number of thiophene rings is 1. The third-order valence-corrected chi connectivity index (χ3v) is 7.19. The topological polar surface area (TPSA) is 66.4 Å². The molecule has 0 aromatic carbocycles. The van der Waals surface area contributed by atoms with Crippen molar-refractivity contribution in [2.75, 3.05) is 6.61 Å². The highest BCUT2D eigenvalue weighted by Crippen LogP contribution is 2.30. The summed E-state index contributed by atoms with van der Waals surface area (Å²) in [5, 5.41) is 10.9. The molecule has 1 aliphatic carbocycles. The van der Waals surface area contributed by atoms with E-state index in [0.29, 0.717) is 8.68 Å². The van der Waals surface area contributed by atoms with Crippen LogP contribution in [0.15, 0.2) is 20.1 Å². The minimum Gasteiger partial charge on any atom is -0.396 e. The van der Waals surface area contributed by atoms with Crippen LogP contribution < -0.4 is 4.72 Å². The molecule has 2 rings (SSSR count). The lowest BCUT2D eigenvalue weighted by molar-refractivity contribution is 0.213. The predicted molar refractivity (Wildman–Crippen MR) is 70.6 cm³/mol. The molecule has 1 saturated carbocycles. The molecular formula is C10H14BrNO3S2. The van der Waals surface area contributed by atoms with Crippen LogP contribution in [0.2, 0.25) is 0 Å². The molecular weight excluding hydrogens is 326 g/mol. The lowest BCUT2D eigenvalue weighted by Gasteiger charge is -2.18. The summed E-state index contributed by atoms with van der Waals surface area (Å²) in [5.41, 5.74) is 0. The van der Waals surface area contributed by atoms with Crippen molar-refractivity contribution in [1.82, 2.24) is 4.72 Å². The molecule has 17 heavy (non-hydrogen) atoms. The number of aliphatic hydroxyl groups is 1. The maximum atomic E-state index is 12.1. The third kappa shape index (κ3) is 2.90. The quantitative estimate of drug-likeness (QED) is 0.880. The number of nitrogens with one attached hydrogen (secondary N) is 1. The van der Waals surface area contributed by atoms with Crippen LogP contribution >= 0.6 is 27.3 Å². The molecule has 2 N–H and O–H groups in total. The molecule has 0 amide bonds. The van der Waals surface area contributed by atoms with Crippen LogP contribution in [-0.4, -0.2) is 26.2 Å². The second-order valence-electron chi connectivity index (χ2n) is 4.16. The van der Waals surface area contributed by atoms with E-state index in [9.17, 15) is 13.5 Å². The Kier molecular flexibility index (Phi) is 4.25. The summed E-state index contributed by atoms with van der Waals surface area (Å²) in [4.78, 5) is 0. The summed E-state index contributed by atoms with van der Waals surface area (Å²) < 4.78 is 27.8. The van der Waals surface area contributed by atoms with Crippen molar-refractivity contribution < 1.29 is 13.5 Å². The van der Waals surface area contributed by atoms with Gasteiger partial charge in [0.2, 0.25) is 0 Å². The van der Waals surface area contributed by atoms with Gasteiger partial charge in [0, 0.05) is 17.1 Å². The smallest absolute Gasteiger partial charge is 0.251 e. The number of rotatable bonds is 4. The molecule has 1 heterocycles. The molecule has 2 unspecified atom stereocenters. The Hall–Kier alpha value is 0.0500. The molecule has 1 fully saturated rings. The fraction of sp³-hybridized carbons (Fsp3) is 0.600. The Morgan fingerprint density at radius 2 is 2.29 bits per heavy atom. The van der Waals surface area contributed by atoms with E-state index in [2.05, 4.69) is 20.7 Å². The highest BCUT2D eigenvalue weighted by Gasteiger charge is 2.31. The van der Waals surface area contributed by atoms with Crippen molar-refractivity contribution in [3.05, 3.63) is 15.9 Å². The van der Waals surface area contributed by atoms with E-state index in [0.717, 1.165) is 19.3 Å². The Bertz CT molecular complexity index is 485. The minimum absolute atomic E-state index is 0.0405. The van der Waals surface area contributed by atoms with Crippen molar-refractivity contribution in [1.29, 1.82) is 0 Å². The summed E-state index contributed by atoms with van der Waals surface area (Å²) in [6.45, 7) is 0.0405. The van der Waals surface area contributed by atoms with E-state index < -0.39 is 10.0 Å². The number of halogens is 1. The Morgan fingerprint density at radius 3 is 2.88 bits per heavy atom. The van der Waals surface area contributed by atoms with Gasteiger partial charge in [-0.1, -0.05) is 6.42 Å². The van der Waals surface area contributed by atoms with Crippen LogP contribution in [-0.2, 0) is 10.0 Å². The fourth-order valence-corrected chi connectivity index (χ4v) is 5.83. The zero-order valence-corrected chi connectivity index (χ0v) is 12.3. The first-order valence-corrected chi connectivity index (χ1v) is 8.56. The molecule has 7 heteroatoms. The van der Waals surface area contributed by atoms with Crippen LogP contribution in [0.3, 0.4) is 0 Å². The van der Waals surface area contributed by atoms with Crippen molar-refractivity contribution in [2.45, 2.75) is 29.5 Å². The van der Waals surface area contributed by atoms with Gasteiger partial charge in [0.1, 0.15) is 4.21 Å². The molecule has 1 aromatic heterocycles. The first-order valence-electron chi connectivity index (χ1n) is 5.41. The SMILES string of the molecule is O=S(=O)(NC1CCCC1CO)c1sccc1Br.